The molecule has 0 aromatic heterocycles. The molecule has 2 fully saturated rings. The Bertz CT molecular complexity index is 627. The van der Waals surface area contributed by atoms with Crippen LogP contribution in [0.5, 0.6) is 0 Å². The second-order valence-electron chi connectivity index (χ2n) is 5.40. The molecule has 3 rings (SSSR count). The maximum absolute atomic E-state index is 12.3. The Labute approximate surface area is 128 Å². The smallest absolute Gasteiger partial charge is 0.297 e. The summed E-state index contributed by atoms with van der Waals surface area (Å²) in [4.78, 5) is 0.0133. The van der Waals surface area contributed by atoms with E-state index in [1.54, 1.807) is 12.1 Å². The number of methoxy groups -OCH3 is 1. The van der Waals surface area contributed by atoms with Crippen LogP contribution in [-0.4, -0.2) is 57.9 Å². The van der Waals surface area contributed by atoms with Gasteiger partial charge in [0.15, 0.2) is 12.4 Å². The van der Waals surface area contributed by atoms with Crippen LogP contribution in [0.1, 0.15) is 5.56 Å². The van der Waals surface area contributed by atoms with E-state index in [4.69, 9.17) is 18.4 Å². The average molecular weight is 330 g/mol. The summed E-state index contributed by atoms with van der Waals surface area (Å²) in [5.74, 6) is 0. The van der Waals surface area contributed by atoms with Crippen LogP contribution in [0.4, 0.5) is 0 Å². The minimum absolute atomic E-state index is 0.0133. The lowest BCUT2D eigenvalue weighted by atomic mass is 10.0. The Morgan fingerprint density at radius 2 is 1.91 bits per heavy atom. The highest BCUT2D eigenvalue weighted by atomic mass is 32.2. The van der Waals surface area contributed by atoms with E-state index in [1.165, 1.54) is 19.2 Å². The minimum Gasteiger partial charge on any atom is -0.387 e. The molecule has 0 saturated carbocycles. The first kappa shape index (κ1) is 15.9. The second-order valence-corrected chi connectivity index (χ2v) is 6.97. The third-order valence-electron chi connectivity index (χ3n) is 3.86. The lowest BCUT2D eigenvalue weighted by molar-refractivity contribution is -0.225. The van der Waals surface area contributed by atoms with Crippen molar-refractivity contribution in [3.8, 4) is 0 Å². The fourth-order valence-corrected chi connectivity index (χ4v) is 3.73. The molecule has 8 heteroatoms. The fourth-order valence-electron chi connectivity index (χ4n) is 2.65. The van der Waals surface area contributed by atoms with Crippen molar-refractivity contribution in [2.45, 2.75) is 42.5 Å². The topological polar surface area (TPSA) is 91.3 Å². The van der Waals surface area contributed by atoms with E-state index in [-0.39, 0.29) is 11.5 Å². The number of aryl methyl sites for hydroxylation is 1. The van der Waals surface area contributed by atoms with Crippen molar-refractivity contribution in [2.24, 2.45) is 0 Å². The summed E-state index contributed by atoms with van der Waals surface area (Å²) in [7, 11) is -2.62. The van der Waals surface area contributed by atoms with E-state index in [0.29, 0.717) is 0 Å². The van der Waals surface area contributed by atoms with E-state index in [2.05, 4.69) is 0 Å². The van der Waals surface area contributed by atoms with Gasteiger partial charge in [0.1, 0.15) is 18.3 Å². The molecule has 7 nitrogen and oxygen atoms in total. The van der Waals surface area contributed by atoms with Crippen molar-refractivity contribution in [3.63, 3.8) is 0 Å². The maximum Gasteiger partial charge on any atom is 0.297 e. The van der Waals surface area contributed by atoms with Crippen molar-refractivity contribution in [1.82, 2.24) is 0 Å². The largest absolute Gasteiger partial charge is 0.387 e. The van der Waals surface area contributed by atoms with Gasteiger partial charge < -0.3 is 19.3 Å². The second kappa shape index (κ2) is 5.88. The quantitative estimate of drug-likeness (QED) is 0.789. The highest BCUT2D eigenvalue weighted by molar-refractivity contribution is 7.86. The Morgan fingerprint density at radius 1 is 1.23 bits per heavy atom. The number of hydrogen-bond acceptors (Lipinski definition) is 7. The molecule has 2 bridgehead atoms. The lowest BCUT2D eigenvalue weighted by Gasteiger charge is -2.36. The summed E-state index contributed by atoms with van der Waals surface area (Å²) in [5, 5.41) is 10.3. The molecular weight excluding hydrogens is 312 g/mol. The van der Waals surface area contributed by atoms with Crippen molar-refractivity contribution in [1.29, 1.82) is 0 Å². The third-order valence-corrected chi connectivity index (χ3v) is 5.19. The van der Waals surface area contributed by atoms with Crippen molar-refractivity contribution in [2.75, 3.05) is 13.7 Å². The van der Waals surface area contributed by atoms with Crippen LogP contribution in [0.25, 0.3) is 0 Å². The zero-order valence-corrected chi connectivity index (χ0v) is 13.0. The summed E-state index contributed by atoms with van der Waals surface area (Å²) >= 11 is 0. The van der Waals surface area contributed by atoms with E-state index in [0.717, 1.165) is 5.56 Å². The van der Waals surface area contributed by atoms with Crippen LogP contribution >= 0.6 is 0 Å². The van der Waals surface area contributed by atoms with Crippen molar-refractivity contribution in [3.05, 3.63) is 29.8 Å². The van der Waals surface area contributed by atoms with Gasteiger partial charge in [-0.15, -0.1) is 0 Å². The molecule has 0 radical (unpaired) electrons. The monoisotopic (exact) mass is 330 g/mol. The highest BCUT2D eigenvalue weighted by Crippen LogP contribution is 2.33. The number of ether oxygens (including phenoxy) is 3. The standard InChI is InChI=1S/C14H18O7S/c1-8-3-5-9(6-4-8)22(16,17)21-13-11(15)12(18-2)10-7-19-14(13)20-10/h3-6,10-15H,7H2,1-2H3/t10-,11-,12-,13-,14+/m1/s1. The van der Waals surface area contributed by atoms with Crippen LogP contribution < -0.4 is 0 Å². The molecular formula is C14H18O7S. The molecule has 0 spiro atoms. The Balaban J connectivity index is 1.83. The minimum atomic E-state index is -4.04. The van der Waals surface area contributed by atoms with Gasteiger partial charge in [0.2, 0.25) is 0 Å². The number of hydrogen-bond donors (Lipinski definition) is 1. The summed E-state index contributed by atoms with van der Waals surface area (Å²) in [6, 6.07) is 6.24. The normalized spacial score (nSPS) is 34.8. The zero-order valence-electron chi connectivity index (χ0n) is 12.2. The van der Waals surface area contributed by atoms with Crippen LogP contribution in [0.15, 0.2) is 29.2 Å². The van der Waals surface area contributed by atoms with Crippen molar-refractivity contribution < 1.29 is 31.9 Å². The van der Waals surface area contributed by atoms with Crippen LogP contribution in [0.3, 0.4) is 0 Å². The Kier molecular flexibility index (Phi) is 4.23. The van der Waals surface area contributed by atoms with Gasteiger partial charge in [-0.2, -0.15) is 8.42 Å². The molecule has 1 aromatic carbocycles. The van der Waals surface area contributed by atoms with Gasteiger partial charge in [0, 0.05) is 7.11 Å². The third kappa shape index (κ3) is 2.78. The molecule has 0 amide bonds. The van der Waals surface area contributed by atoms with Crippen molar-refractivity contribution >= 4 is 10.1 Å². The van der Waals surface area contributed by atoms with Gasteiger partial charge in [-0.3, -0.25) is 4.18 Å². The van der Waals surface area contributed by atoms with Gasteiger partial charge in [-0.1, -0.05) is 17.7 Å². The molecule has 2 aliphatic heterocycles. The number of benzene rings is 1. The van der Waals surface area contributed by atoms with Crippen LogP contribution in [0.2, 0.25) is 0 Å². The van der Waals surface area contributed by atoms with Gasteiger partial charge in [0.25, 0.3) is 10.1 Å². The maximum atomic E-state index is 12.3. The fraction of sp³-hybridized carbons (Fsp3) is 0.571. The lowest BCUT2D eigenvalue weighted by Crippen LogP contribution is -2.56. The number of rotatable bonds is 4. The molecule has 2 saturated heterocycles. The molecule has 5 atom stereocenters. The van der Waals surface area contributed by atoms with Gasteiger partial charge >= 0.3 is 0 Å². The molecule has 0 aliphatic carbocycles. The summed E-state index contributed by atoms with van der Waals surface area (Å²) in [6.07, 6.45) is -4.37. The average Bonchev–Trinajstić information content (AvgIpc) is 2.91. The summed E-state index contributed by atoms with van der Waals surface area (Å²) in [5.41, 5.74) is 0.932. The van der Waals surface area contributed by atoms with Gasteiger partial charge in [-0.05, 0) is 19.1 Å². The number of fused-ring (bicyclic) bond motifs is 2. The number of aliphatic hydroxyl groups is 1. The molecule has 1 aromatic rings. The number of aliphatic hydroxyl groups excluding tert-OH is 1. The zero-order chi connectivity index (χ0) is 15.9. The Hall–Kier alpha value is -1.03. The first-order chi connectivity index (χ1) is 10.4. The van der Waals surface area contributed by atoms with E-state index in [1.807, 2.05) is 6.92 Å². The van der Waals surface area contributed by atoms with Gasteiger partial charge in [-0.25, -0.2) is 0 Å². The molecule has 2 heterocycles. The molecule has 2 aliphatic rings. The summed E-state index contributed by atoms with van der Waals surface area (Å²) < 4.78 is 45.9. The van der Waals surface area contributed by atoms with Gasteiger partial charge in [0.05, 0.1) is 11.5 Å². The molecule has 22 heavy (non-hydrogen) atoms. The first-order valence-electron chi connectivity index (χ1n) is 6.90. The predicted molar refractivity (Wildman–Crippen MR) is 74.7 cm³/mol. The summed E-state index contributed by atoms with van der Waals surface area (Å²) in [6.45, 7) is 2.08. The van der Waals surface area contributed by atoms with Crippen LogP contribution in [0, 0.1) is 6.92 Å². The molecule has 0 unspecified atom stereocenters. The molecule has 122 valence electrons. The Morgan fingerprint density at radius 3 is 2.55 bits per heavy atom. The van der Waals surface area contributed by atoms with Crippen LogP contribution in [-0.2, 0) is 28.5 Å². The van der Waals surface area contributed by atoms with E-state index >= 15 is 0 Å². The highest BCUT2D eigenvalue weighted by Gasteiger charge is 2.52. The van der Waals surface area contributed by atoms with E-state index < -0.39 is 40.8 Å². The SMILES string of the molecule is CO[C@H]1[C@@H](O)[C@@H](OS(=O)(=O)c2ccc(C)cc2)[C@H]2OC[C@H]1O2. The molecule has 1 N–H and O–H groups in total. The predicted octanol–water partition coefficient (Wildman–Crippen LogP) is 0.200. The van der Waals surface area contributed by atoms with E-state index in [9.17, 15) is 13.5 Å². The first-order valence-corrected chi connectivity index (χ1v) is 8.31.